The number of rotatable bonds is 1. The van der Waals surface area contributed by atoms with E-state index in [1.165, 1.54) is 38.5 Å². The lowest BCUT2D eigenvalue weighted by Crippen LogP contribution is -2.55. The molecular formula is C20H31NO2. The van der Waals surface area contributed by atoms with E-state index in [1.807, 2.05) is 0 Å². The first-order chi connectivity index (χ1) is 11.0. The van der Waals surface area contributed by atoms with Gasteiger partial charge in [-0.2, -0.15) is 0 Å². The van der Waals surface area contributed by atoms with Gasteiger partial charge in [0.25, 0.3) is 0 Å². The van der Waals surface area contributed by atoms with Crippen molar-refractivity contribution in [1.82, 2.24) is 0 Å². The zero-order valence-corrected chi connectivity index (χ0v) is 14.7. The summed E-state index contributed by atoms with van der Waals surface area (Å²) < 4.78 is 5.34. The lowest BCUT2D eigenvalue weighted by molar-refractivity contribution is -0.134. The third-order valence-corrected chi connectivity index (χ3v) is 8.45. The van der Waals surface area contributed by atoms with Crippen LogP contribution in [0, 0.1) is 39.9 Å². The van der Waals surface area contributed by atoms with Gasteiger partial charge in [-0.25, -0.2) is 0 Å². The number of ketones is 1. The van der Waals surface area contributed by atoms with Crippen LogP contribution in [0.15, 0.2) is 0 Å². The Morgan fingerprint density at radius 1 is 1.09 bits per heavy atom. The third kappa shape index (κ3) is 1.94. The van der Waals surface area contributed by atoms with E-state index in [9.17, 15) is 4.79 Å². The number of carbonyl (C=O) groups is 1. The standard InChI is InChI=1S/C20H31NO2/c1-19-11-4-3-5-13(19)6-7-14-15(19)10-12-20(18(21)23-2)16(14)8-9-17(20)22/h13-16,21H,3-12H2,1-2H3/t13?,14-,15+,16+,19+,20-/m1/s1. The summed E-state index contributed by atoms with van der Waals surface area (Å²) in [6, 6.07) is 0. The molecule has 0 amide bonds. The van der Waals surface area contributed by atoms with Crippen molar-refractivity contribution in [3.63, 3.8) is 0 Å². The molecule has 4 saturated carbocycles. The second kappa shape index (κ2) is 5.32. The van der Waals surface area contributed by atoms with E-state index in [1.54, 1.807) is 7.11 Å². The van der Waals surface area contributed by atoms with E-state index in [0.717, 1.165) is 31.1 Å². The molecular weight excluding hydrogens is 286 g/mol. The number of Topliss-reactive ketones (excluding diaryl/α,β-unsaturated/α-hetero) is 1. The second-order valence-electron chi connectivity index (χ2n) is 8.91. The van der Waals surface area contributed by atoms with Gasteiger partial charge in [-0.1, -0.05) is 19.8 Å². The molecule has 128 valence electrons. The Kier molecular flexibility index (Phi) is 3.62. The van der Waals surface area contributed by atoms with E-state index < -0.39 is 5.41 Å². The lowest BCUT2D eigenvalue weighted by atomic mass is 9.45. The van der Waals surface area contributed by atoms with E-state index in [2.05, 4.69) is 6.92 Å². The molecule has 4 aliphatic rings. The van der Waals surface area contributed by atoms with Crippen molar-refractivity contribution in [2.24, 2.45) is 34.5 Å². The maximum absolute atomic E-state index is 12.7. The van der Waals surface area contributed by atoms with Gasteiger partial charge < -0.3 is 4.74 Å². The van der Waals surface area contributed by atoms with Gasteiger partial charge in [-0.05, 0) is 74.0 Å². The molecule has 0 bridgehead atoms. The fourth-order valence-corrected chi connectivity index (χ4v) is 7.34. The number of hydrogen-bond donors (Lipinski definition) is 1. The van der Waals surface area contributed by atoms with Gasteiger partial charge in [0, 0.05) is 6.42 Å². The van der Waals surface area contributed by atoms with E-state index in [0.29, 0.717) is 29.5 Å². The first-order valence-corrected chi connectivity index (χ1v) is 9.70. The highest BCUT2D eigenvalue weighted by Crippen LogP contribution is 2.65. The highest BCUT2D eigenvalue weighted by atomic mass is 16.5. The Morgan fingerprint density at radius 2 is 1.91 bits per heavy atom. The van der Waals surface area contributed by atoms with E-state index in [-0.39, 0.29) is 5.90 Å². The molecule has 6 atom stereocenters. The SMILES string of the molecule is COC(=N)[C@]12CC[C@H]3[C@@H](CCC4CCCC[C@@]43C)[C@@H]1CCC2=O. The molecule has 0 aromatic rings. The van der Waals surface area contributed by atoms with Crippen molar-refractivity contribution in [2.75, 3.05) is 7.11 Å². The molecule has 23 heavy (non-hydrogen) atoms. The molecule has 0 aromatic heterocycles. The third-order valence-electron chi connectivity index (χ3n) is 8.45. The molecule has 3 heteroatoms. The van der Waals surface area contributed by atoms with Crippen molar-refractivity contribution in [3.05, 3.63) is 0 Å². The number of fused-ring (bicyclic) bond motifs is 5. The predicted molar refractivity (Wildman–Crippen MR) is 90.4 cm³/mol. The Labute approximate surface area is 140 Å². The first-order valence-electron chi connectivity index (χ1n) is 9.70. The van der Waals surface area contributed by atoms with E-state index >= 15 is 0 Å². The normalized spacial score (nSPS) is 49.0. The Morgan fingerprint density at radius 3 is 2.70 bits per heavy atom. The zero-order chi connectivity index (χ0) is 16.2. The zero-order valence-electron chi connectivity index (χ0n) is 14.7. The number of methoxy groups -OCH3 is 1. The van der Waals surface area contributed by atoms with Gasteiger partial charge in [0.2, 0.25) is 0 Å². The molecule has 3 nitrogen and oxygen atoms in total. The fraction of sp³-hybridized carbons (Fsp3) is 0.900. The number of hydrogen-bond acceptors (Lipinski definition) is 3. The van der Waals surface area contributed by atoms with Crippen LogP contribution in [0.2, 0.25) is 0 Å². The van der Waals surface area contributed by atoms with E-state index in [4.69, 9.17) is 10.1 Å². The van der Waals surface area contributed by atoms with Crippen molar-refractivity contribution in [1.29, 1.82) is 5.41 Å². The van der Waals surface area contributed by atoms with Crippen LogP contribution in [0.3, 0.4) is 0 Å². The summed E-state index contributed by atoms with van der Waals surface area (Å²) in [4.78, 5) is 12.7. The molecule has 0 spiro atoms. The van der Waals surface area contributed by atoms with Crippen molar-refractivity contribution in [2.45, 2.75) is 71.1 Å². The average molecular weight is 317 g/mol. The van der Waals surface area contributed by atoms with Crippen LogP contribution in [0.5, 0.6) is 0 Å². The molecule has 0 radical (unpaired) electrons. The van der Waals surface area contributed by atoms with Gasteiger partial charge in [0.1, 0.15) is 11.2 Å². The summed E-state index contributed by atoms with van der Waals surface area (Å²) in [5.74, 6) is 3.26. The monoisotopic (exact) mass is 317 g/mol. The highest BCUT2D eigenvalue weighted by molar-refractivity contribution is 6.07. The number of nitrogens with one attached hydrogen (secondary N) is 1. The maximum atomic E-state index is 12.7. The highest BCUT2D eigenvalue weighted by Gasteiger charge is 2.63. The molecule has 4 fully saturated rings. The Hall–Kier alpha value is -0.860. The van der Waals surface area contributed by atoms with Gasteiger partial charge in [0.05, 0.1) is 7.11 Å². The molecule has 0 aromatic carbocycles. The van der Waals surface area contributed by atoms with Crippen LogP contribution in [0.1, 0.15) is 71.1 Å². The average Bonchev–Trinajstić information content (AvgIpc) is 2.91. The molecule has 4 rings (SSSR count). The summed E-state index contributed by atoms with van der Waals surface area (Å²) in [7, 11) is 1.57. The largest absolute Gasteiger partial charge is 0.484 e. The summed E-state index contributed by atoms with van der Waals surface area (Å²) in [6.07, 6.45) is 11.9. The minimum absolute atomic E-state index is 0.263. The minimum Gasteiger partial charge on any atom is -0.484 e. The van der Waals surface area contributed by atoms with Crippen molar-refractivity contribution >= 4 is 11.7 Å². The van der Waals surface area contributed by atoms with Crippen LogP contribution in [0.4, 0.5) is 0 Å². The molecule has 4 aliphatic carbocycles. The fourth-order valence-electron chi connectivity index (χ4n) is 7.34. The summed E-state index contributed by atoms with van der Waals surface area (Å²) in [5, 5.41) is 8.37. The van der Waals surface area contributed by atoms with Gasteiger partial charge in [-0.15, -0.1) is 0 Å². The van der Waals surface area contributed by atoms with Crippen LogP contribution >= 0.6 is 0 Å². The predicted octanol–water partition coefficient (Wildman–Crippen LogP) is 4.59. The smallest absolute Gasteiger partial charge is 0.194 e. The summed E-state index contributed by atoms with van der Waals surface area (Å²) in [6.45, 7) is 2.55. The maximum Gasteiger partial charge on any atom is 0.194 e. The topological polar surface area (TPSA) is 50.1 Å². The van der Waals surface area contributed by atoms with Crippen molar-refractivity contribution < 1.29 is 9.53 Å². The first kappa shape index (κ1) is 15.7. The lowest BCUT2D eigenvalue weighted by Gasteiger charge is -2.59. The molecule has 1 N–H and O–H groups in total. The Bertz CT molecular complexity index is 530. The van der Waals surface area contributed by atoms with Crippen LogP contribution < -0.4 is 0 Å². The van der Waals surface area contributed by atoms with Crippen LogP contribution in [-0.4, -0.2) is 18.8 Å². The number of ether oxygens (including phenoxy) is 1. The van der Waals surface area contributed by atoms with Crippen LogP contribution in [0.25, 0.3) is 0 Å². The van der Waals surface area contributed by atoms with Crippen molar-refractivity contribution in [3.8, 4) is 0 Å². The molecule has 1 unspecified atom stereocenters. The van der Waals surface area contributed by atoms with Crippen LogP contribution in [-0.2, 0) is 9.53 Å². The molecule has 0 aliphatic heterocycles. The summed E-state index contributed by atoms with van der Waals surface area (Å²) in [5.41, 5.74) is -0.0675. The van der Waals surface area contributed by atoms with Gasteiger partial charge in [0.15, 0.2) is 5.90 Å². The Balaban J connectivity index is 1.69. The number of carbonyl (C=O) groups excluding carboxylic acids is 1. The van der Waals surface area contributed by atoms with Gasteiger partial charge >= 0.3 is 0 Å². The summed E-state index contributed by atoms with van der Waals surface area (Å²) >= 11 is 0. The second-order valence-corrected chi connectivity index (χ2v) is 8.91. The minimum atomic E-state index is -0.562. The quantitative estimate of drug-likeness (QED) is 0.568. The molecule has 0 saturated heterocycles. The van der Waals surface area contributed by atoms with Gasteiger partial charge in [-0.3, -0.25) is 10.2 Å². The molecule has 0 heterocycles.